The van der Waals surface area contributed by atoms with Crippen molar-refractivity contribution in [3.63, 3.8) is 0 Å². The first-order chi connectivity index (χ1) is 18.4. The van der Waals surface area contributed by atoms with Gasteiger partial charge in [0.15, 0.2) is 6.10 Å². The lowest BCUT2D eigenvalue weighted by atomic mass is 9.85. The minimum atomic E-state index is -5.07. The van der Waals surface area contributed by atoms with Crippen molar-refractivity contribution in [3.05, 3.63) is 0 Å². The lowest BCUT2D eigenvalue weighted by molar-refractivity contribution is -0.220. The number of carbonyl (C=O) groups is 2. The van der Waals surface area contributed by atoms with E-state index in [2.05, 4.69) is 13.8 Å². The molecule has 0 aliphatic heterocycles. The van der Waals surface area contributed by atoms with Crippen LogP contribution in [0.3, 0.4) is 0 Å². The van der Waals surface area contributed by atoms with Gasteiger partial charge in [-0.15, -0.1) is 0 Å². The van der Waals surface area contributed by atoms with Crippen molar-refractivity contribution in [1.29, 1.82) is 0 Å². The number of phosphoric acid groups is 1. The molecule has 3 unspecified atom stereocenters. The van der Waals surface area contributed by atoms with Gasteiger partial charge in [-0.1, -0.05) is 65.2 Å². The first-order valence-electron chi connectivity index (χ1n) is 13.8. The predicted molar refractivity (Wildman–Crippen MR) is 138 cm³/mol. The molecule has 6 N–H and O–H groups in total. The maximum Gasteiger partial charge on any atom is 0.472 e. The Balaban J connectivity index is 2.70. The molecule has 39 heavy (non-hydrogen) atoms. The highest BCUT2D eigenvalue weighted by molar-refractivity contribution is 7.47. The fourth-order valence-electron chi connectivity index (χ4n) is 4.05. The molecular formula is C25H47O13P. The average molecular weight is 587 g/mol. The quantitative estimate of drug-likeness (QED) is 0.0679. The van der Waals surface area contributed by atoms with Crippen molar-refractivity contribution in [3.8, 4) is 0 Å². The summed E-state index contributed by atoms with van der Waals surface area (Å²) in [5.74, 6) is -1.13. The Kier molecular flexibility index (Phi) is 17.5. The number of hydrogen-bond donors (Lipinski definition) is 6. The number of esters is 2. The third-order valence-corrected chi connectivity index (χ3v) is 7.43. The lowest BCUT2D eigenvalue weighted by Crippen LogP contribution is -2.64. The lowest BCUT2D eigenvalue weighted by Gasteiger charge is -2.41. The molecule has 13 nitrogen and oxygen atoms in total. The molecule has 0 aromatic rings. The Bertz CT molecular complexity index is 735. The first kappa shape index (κ1) is 35.9. The van der Waals surface area contributed by atoms with Gasteiger partial charge in [-0.2, -0.15) is 0 Å². The van der Waals surface area contributed by atoms with Crippen LogP contribution in [0.5, 0.6) is 0 Å². The zero-order valence-corrected chi connectivity index (χ0v) is 23.8. The number of rotatable bonds is 20. The van der Waals surface area contributed by atoms with E-state index in [1.165, 1.54) is 0 Å². The largest absolute Gasteiger partial charge is 0.472 e. The van der Waals surface area contributed by atoms with Crippen molar-refractivity contribution in [1.82, 2.24) is 0 Å². The molecule has 1 rings (SSSR count). The van der Waals surface area contributed by atoms with Gasteiger partial charge in [0.25, 0.3) is 0 Å². The summed E-state index contributed by atoms with van der Waals surface area (Å²) in [7, 11) is -5.07. The molecule has 0 aromatic carbocycles. The number of phosphoric ester groups is 1. The minimum absolute atomic E-state index is 0.0947. The van der Waals surface area contributed by atoms with Crippen LogP contribution in [0.15, 0.2) is 0 Å². The molecule has 0 bridgehead atoms. The van der Waals surface area contributed by atoms with Gasteiger partial charge in [0.1, 0.15) is 43.2 Å². The summed E-state index contributed by atoms with van der Waals surface area (Å²) < 4.78 is 32.6. The SMILES string of the molecule is CCCCCCCC(=O)OC[C@H](COP(=O)(O)OC1[C@@H](O)[C@@H](O)C(O)[C@@H](O)[C@H]1O)OC(=O)CCCCCCC. The second kappa shape index (κ2) is 19.1. The monoisotopic (exact) mass is 586 g/mol. The van der Waals surface area contributed by atoms with Crippen LogP contribution in [-0.4, -0.2) is 98.3 Å². The molecule has 8 atom stereocenters. The van der Waals surface area contributed by atoms with Gasteiger partial charge >= 0.3 is 19.8 Å². The Morgan fingerprint density at radius 1 is 0.692 bits per heavy atom. The van der Waals surface area contributed by atoms with E-state index in [9.17, 15) is 44.6 Å². The summed E-state index contributed by atoms with van der Waals surface area (Å²) in [4.78, 5) is 34.5. The smallest absolute Gasteiger partial charge is 0.462 e. The molecular weight excluding hydrogens is 539 g/mol. The molecule has 1 aliphatic rings. The summed E-state index contributed by atoms with van der Waals surface area (Å²) in [5, 5.41) is 49.3. The summed E-state index contributed by atoms with van der Waals surface area (Å²) in [6.07, 6.45) is -3.78. The van der Waals surface area contributed by atoms with Crippen molar-refractivity contribution in [2.24, 2.45) is 0 Å². The van der Waals surface area contributed by atoms with E-state index in [0.717, 1.165) is 51.4 Å². The van der Waals surface area contributed by atoms with E-state index < -0.39 is 75.7 Å². The van der Waals surface area contributed by atoms with Gasteiger partial charge in [-0.05, 0) is 12.8 Å². The normalized spacial score (nSPS) is 27.5. The fourth-order valence-corrected chi connectivity index (χ4v) is 5.02. The number of aliphatic hydroxyl groups excluding tert-OH is 5. The second-order valence-electron chi connectivity index (χ2n) is 9.91. The van der Waals surface area contributed by atoms with Gasteiger partial charge in [0.2, 0.25) is 0 Å². The van der Waals surface area contributed by atoms with E-state index in [4.69, 9.17) is 18.5 Å². The van der Waals surface area contributed by atoms with Crippen LogP contribution in [0.1, 0.15) is 90.9 Å². The van der Waals surface area contributed by atoms with Crippen molar-refractivity contribution in [2.75, 3.05) is 13.2 Å². The molecule has 0 amide bonds. The number of ether oxygens (including phenoxy) is 2. The molecule has 0 spiro atoms. The van der Waals surface area contributed by atoms with Crippen LogP contribution in [0, 0.1) is 0 Å². The molecule has 14 heteroatoms. The summed E-state index contributed by atoms with van der Waals surface area (Å²) in [6.45, 7) is 2.98. The predicted octanol–water partition coefficient (Wildman–Crippen LogP) is 1.48. The Labute approximate surface area is 230 Å². The first-order valence-corrected chi connectivity index (χ1v) is 15.3. The van der Waals surface area contributed by atoms with E-state index in [-0.39, 0.29) is 12.8 Å². The maximum absolute atomic E-state index is 12.5. The van der Waals surface area contributed by atoms with E-state index >= 15 is 0 Å². The minimum Gasteiger partial charge on any atom is -0.462 e. The van der Waals surface area contributed by atoms with E-state index in [1.54, 1.807) is 0 Å². The van der Waals surface area contributed by atoms with Crippen molar-refractivity contribution >= 4 is 19.8 Å². The molecule has 1 aliphatic carbocycles. The molecule has 0 radical (unpaired) electrons. The van der Waals surface area contributed by atoms with Crippen molar-refractivity contribution < 1.29 is 63.1 Å². The van der Waals surface area contributed by atoms with Crippen LogP contribution in [0.25, 0.3) is 0 Å². The zero-order valence-electron chi connectivity index (χ0n) is 22.9. The molecule has 1 saturated carbocycles. The average Bonchev–Trinajstić information content (AvgIpc) is 2.90. The Morgan fingerprint density at radius 2 is 1.15 bits per heavy atom. The maximum atomic E-state index is 12.5. The van der Waals surface area contributed by atoms with Gasteiger partial charge < -0.3 is 39.9 Å². The van der Waals surface area contributed by atoms with Crippen molar-refractivity contribution in [2.45, 2.75) is 134 Å². The Morgan fingerprint density at radius 3 is 1.67 bits per heavy atom. The van der Waals surface area contributed by atoms with E-state index in [1.807, 2.05) is 0 Å². The summed E-state index contributed by atoms with van der Waals surface area (Å²) >= 11 is 0. The highest BCUT2D eigenvalue weighted by Gasteiger charge is 2.51. The zero-order chi connectivity index (χ0) is 29.4. The summed E-state index contributed by atoms with van der Waals surface area (Å²) in [6, 6.07) is 0. The number of carbonyl (C=O) groups excluding carboxylic acids is 2. The van der Waals surface area contributed by atoms with E-state index in [0.29, 0.717) is 12.8 Å². The third-order valence-electron chi connectivity index (χ3n) is 6.45. The van der Waals surface area contributed by atoms with Gasteiger partial charge in [-0.25, -0.2) is 4.57 Å². The number of unbranched alkanes of at least 4 members (excludes halogenated alkanes) is 8. The highest BCUT2D eigenvalue weighted by Crippen LogP contribution is 2.47. The molecule has 0 heterocycles. The number of hydrogen-bond acceptors (Lipinski definition) is 12. The molecule has 230 valence electrons. The summed E-state index contributed by atoms with van der Waals surface area (Å²) in [5.41, 5.74) is 0. The van der Waals surface area contributed by atoms with Crippen LogP contribution in [0.4, 0.5) is 0 Å². The molecule has 0 aromatic heterocycles. The van der Waals surface area contributed by atoms with Crippen LogP contribution >= 0.6 is 7.82 Å². The van der Waals surface area contributed by atoms with Crippen LogP contribution in [-0.2, 0) is 32.7 Å². The number of aliphatic hydroxyl groups is 5. The van der Waals surface area contributed by atoms with Crippen LogP contribution < -0.4 is 0 Å². The Hall–Kier alpha value is -1.15. The third kappa shape index (κ3) is 13.8. The molecule has 1 fully saturated rings. The van der Waals surface area contributed by atoms with Gasteiger partial charge in [0.05, 0.1) is 6.61 Å². The van der Waals surface area contributed by atoms with Gasteiger partial charge in [-0.3, -0.25) is 18.6 Å². The molecule has 0 saturated heterocycles. The van der Waals surface area contributed by atoms with Crippen LogP contribution in [0.2, 0.25) is 0 Å². The topological polar surface area (TPSA) is 210 Å². The highest BCUT2D eigenvalue weighted by atomic mass is 31.2. The standard InChI is InChI=1S/C25H47O13P/c1-3-5-7-9-11-13-18(26)35-15-17(37-19(27)14-12-10-8-6-4-2)16-36-39(33,34)38-25-23(31)21(29)20(28)22(30)24(25)32/h17,20-25,28-32H,3-16H2,1-2H3,(H,33,34)/t17-,20?,21-,22+,23-,24+,25?/m1/s1. The second-order valence-corrected chi connectivity index (χ2v) is 11.3. The fraction of sp³-hybridized carbons (Fsp3) is 0.920. The van der Waals surface area contributed by atoms with Gasteiger partial charge in [0, 0.05) is 12.8 Å².